The Bertz CT molecular complexity index is 465. The Morgan fingerprint density at radius 3 is 2.41 bits per heavy atom. The summed E-state index contributed by atoms with van der Waals surface area (Å²) >= 11 is 0. The topological polar surface area (TPSA) is 12.5 Å². The standard InChI is InChI=1S/C17H24F3NO/c1-13(2)14-7-9-21(10-8-14)11-12-22-16-6-4-3-5-15(16)17(18,19)20/h3-6,13-14H,7-12H2,1-2H3. The lowest BCUT2D eigenvalue weighted by Gasteiger charge is -2.33. The molecule has 0 atom stereocenters. The van der Waals surface area contributed by atoms with Crippen LogP contribution in [0.5, 0.6) is 5.75 Å². The maximum Gasteiger partial charge on any atom is 0.419 e. The fraction of sp³-hybridized carbons (Fsp3) is 0.647. The molecule has 0 unspecified atom stereocenters. The van der Waals surface area contributed by atoms with E-state index < -0.39 is 11.7 Å². The van der Waals surface area contributed by atoms with Gasteiger partial charge in [-0.3, -0.25) is 4.90 Å². The number of rotatable bonds is 5. The summed E-state index contributed by atoms with van der Waals surface area (Å²) in [4.78, 5) is 2.27. The van der Waals surface area contributed by atoms with E-state index in [9.17, 15) is 13.2 Å². The normalized spacial score (nSPS) is 17.9. The van der Waals surface area contributed by atoms with E-state index in [4.69, 9.17) is 4.74 Å². The molecule has 0 spiro atoms. The lowest BCUT2D eigenvalue weighted by Crippen LogP contribution is -2.37. The SMILES string of the molecule is CC(C)C1CCN(CCOc2ccccc2C(F)(F)F)CC1. The molecule has 1 aromatic rings. The highest BCUT2D eigenvalue weighted by atomic mass is 19.4. The summed E-state index contributed by atoms with van der Waals surface area (Å²) in [5.41, 5.74) is -0.700. The van der Waals surface area contributed by atoms with Crippen molar-refractivity contribution >= 4 is 0 Å². The Morgan fingerprint density at radius 2 is 1.82 bits per heavy atom. The van der Waals surface area contributed by atoms with Gasteiger partial charge in [0.25, 0.3) is 0 Å². The minimum atomic E-state index is -4.37. The molecule has 2 nitrogen and oxygen atoms in total. The van der Waals surface area contributed by atoms with Crippen molar-refractivity contribution in [3.8, 4) is 5.75 Å². The van der Waals surface area contributed by atoms with Gasteiger partial charge in [0.1, 0.15) is 12.4 Å². The van der Waals surface area contributed by atoms with Gasteiger partial charge in [-0.15, -0.1) is 0 Å². The van der Waals surface area contributed by atoms with Crippen LogP contribution in [0.15, 0.2) is 24.3 Å². The minimum Gasteiger partial charge on any atom is -0.492 e. The summed E-state index contributed by atoms with van der Waals surface area (Å²) in [6.45, 7) is 7.48. The van der Waals surface area contributed by atoms with E-state index in [-0.39, 0.29) is 5.75 Å². The van der Waals surface area contributed by atoms with Crippen molar-refractivity contribution in [2.75, 3.05) is 26.2 Å². The number of alkyl halides is 3. The van der Waals surface area contributed by atoms with Crippen LogP contribution in [-0.4, -0.2) is 31.1 Å². The lowest BCUT2D eigenvalue weighted by molar-refractivity contribution is -0.139. The first-order valence-electron chi connectivity index (χ1n) is 7.89. The van der Waals surface area contributed by atoms with Gasteiger partial charge in [-0.05, 0) is 49.9 Å². The van der Waals surface area contributed by atoms with Gasteiger partial charge >= 0.3 is 6.18 Å². The minimum absolute atomic E-state index is 0.0768. The zero-order valence-corrected chi connectivity index (χ0v) is 13.2. The van der Waals surface area contributed by atoms with Crippen LogP contribution in [0.3, 0.4) is 0 Å². The zero-order valence-electron chi connectivity index (χ0n) is 13.2. The number of hydrogen-bond donors (Lipinski definition) is 0. The van der Waals surface area contributed by atoms with E-state index in [1.165, 1.54) is 12.1 Å². The van der Waals surface area contributed by atoms with E-state index in [0.29, 0.717) is 19.1 Å². The molecule has 0 N–H and O–H groups in total. The number of piperidine rings is 1. The van der Waals surface area contributed by atoms with Gasteiger partial charge < -0.3 is 4.74 Å². The highest BCUT2D eigenvalue weighted by Crippen LogP contribution is 2.35. The lowest BCUT2D eigenvalue weighted by atomic mass is 9.87. The molecule has 1 aliphatic rings. The Kier molecular flexibility index (Phi) is 5.73. The Balaban J connectivity index is 1.81. The quantitative estimate of drug-likeness (QED) is 0.796. The second kappa shape index (κ2) is 7.36. The fourth-order valence-electron chi connectivity index (χ4n) is 2.95. The zero-order chi connectivity index (χ0) is 16.2. The van der Waals surface area contributed by atoms with Crippen LogP contribution in [0.2, 0.25) is 0 Å². The van der Waals surface area contributed by atoms with Crippen LogP contribution >= 0.6 is 0 Å². The third-order valence-electron chi connectivity index (χ3n) is 4.43. The van der Waals surface area contributed by atoms with E-state index in [2.05, 4.69) is 18.7 Å². The summed E-state index contributed by atoms with van der Waals surface area (Å²) in [6, 6.07) is 5.39. The van der Waals surface area contributed by atoms with Gasteiger partial charge in [0.05, 0.1) is 5.56 Å². The number of benzene rings is 1. The molecule has 0 saturated carbocycles. The van der Waals surface area contributed by atoms with Crippen LogP contribution < -0.4 is 4.74 Å². The molecule has 124 valence electrons. The van der Waals surface area contributed by atoms with Gasteiger partial charge in [0, 0.05) is 6.54 Å². The van der Waals surface area contributed by atoms with Gasteiger partial charge in [0.2, 0.25) is 0 Å². The van der Waals surface area contributed by atoms with Crippen molar-refractivity contribution in [2.45, 2.75) is 32.9 Å². The second-order valence-electron chi connectivity index (χ2n) is 6.27. The monoisotopic (exact) mass is 315 g/mol. The molecule has 22 heavy (non-hydrogen) atoms. The molecule has 1 aromatic carbocycles. The predicted molar refractivity (Wildman–Crippen MR) is 80.9 cm³/mol. The van der Waals surface area contributed by atoms with Crippen molar-refractivity contribution < 1.29 is 17.9 Å². The van der Waals surface area contributed by atoms with E-state index in [1.807, 2.05) is 0 Å². The van der Waals surface area contributed by atoms with Crippen LogP contribution in [0.4, 0.5) is 13.2 Å². The van der Waals surface area contributed by atoms with Gasteiger partial charge in [-0.25, -0.2) is 0 Å². The fourth-order valence-corrected chi connectivity index (χ4v) is 2.95. The summed E-state index contributed by atoms with van der Waals surface area (Å²) in [6.07, 6.45) is -2.04. The first kappa shape index (κ1) is 17.1. The number of likely N-dealkylation sites (tertiary alicyclic amines) is 1. The largest absolute Gasteiger partial charge is 0.492 e. The van der Waals surface area contributed by atoms with Gasteiger partial charge in [0.15, 0.2) is 0 Å². The van der Waals surface area contributed by atoms with Crippen LogP contribution in [0, 0.1) is 11.8 Å². The summed E-state index contributed by atoms with van der Waals surface area (Å²) in [7, 11) is 0. The van der Waals surface area contributed by atoms with E-state index in [0.717, 1.165) is 37.9 Å². The molecular formula is C17H24F3NO. The van der Waals surface area contributed by atoms with E-state index >= 15 is 0 Å². The summed E-state index contributed by atoms with van der Waals surface area (Å²) in [5, 5.41) is 0. The van der Waals surface area contributed by atoms with E-state index in [1.54, 1.807) is 6.07 Å². The molecule has 0 radical (unpaired) electrons. The number of nitrogens with zero attached hydrogens (tertiary/aromatic N) is 1. The maximum atomic E-state index is 12.9. The number of halogens is 3. The van der Waals surface area contributed by atoms with Crippen molar-refractivity contribution in [2.24, 2.45) is 11.8 Å². The Morgan fingerprint density at radius 1 is 1.18 bits per heavy atom. The van der Waals surface area contributed by atoms with Crippen LogP contribution in [0.1, 0.15) is 32.3 Å². The summed E-state index contributed by atoms with van der Waals surface area (Å²) < 4.78 is 44.0. The molecule has 0 bridgehead atoms. The number of para-hydroxylation sites is 1. The molecule has 2 rings (SSSR count). The third kappa shape index (κ3) is 4.63. The third-order valence-corrected chi connectivity index (χ3v) is 4.43. The second-order valence-corrected chi connectivity index (χ2v) is 6.27. The van der Waals surface area contributed by atoms with Crippen molar-refractivity contribution in [1.29, 1.82) is 0 Å². The molecule has 1 heterocycles. The predicted octanol–water partition coefficient (Wildman–Crippen LogP) is 4.45. The maximum absolute atomic E-state index is 12.9. The first-order chi connectivity index (χ1) is 10.4. The molecule has 1 aliphatic heterocycles. The highest BCUT2D eigenvalue weighted by Gasteiger charge is 2.34. The van der Waals surface area contributed by atoms with Crippen molar-refractivity contribution in [3.05, 3.63) is 29.8 Å². The smallest absolute Gasteiger partial charge is 0.419 e. The average molecular weight is 315 g/mol. The molecular weight excluding hydrogens is 291 g/mol. The molecule has 5 heteroatoms. The van der Waals surface area contributed by atoms with Crippen molar-refractivity contribution in [1.82, 2.24) is 4.90 Å². The Labute approximate surface area is 130 Å². The van der Waals surface area contributed by atoms with Crippen molar-refractivity contribution in [3.63, 3.8) is 0 Å². The molecule has 0 aliphatic carbocycles. The van der Waals surface area contributed by atoms with Gasteiger partial charge in [-0.1, -0.05) is 26.0 Å². The molecule has 1 saturated heterocycles. The summed E-state index contributed by atoms with van der Waals surface area (Å²) in [5.74, 6) is 1.40. The average Bonchev–Trinajstić information content (AvgIpc) is 2.47. The molecule has 0 amide bonds. The molecule has 1 fully saturated rings. The molecule has 0 aromatic heterocycles. The first-order valence-corrected chi connectivity index (χ1v) is 7.89. The number of hydrogen-bond acceptors (Lipinski definition) is 2. The Hall–Kier alpha value is -1.23. The van der Waals surface area contributed by atoms with Crippen LogP contribution in [-0.2, 0) is 6.18 Å². The van der Waals surface area contributed by atoms with Crippen LogP contribution in [0.25, 0.3) is 0 Å². The number of ether oxygens (including phenoxy) is 1. The highest BCUT2D eigenvalue weighted by molar-refractivity contribution is 5.35. The van der Waals surface area contributed by atoms with Gasteiger partial charge in [-0.2, -0.15) is 13.2 Å².